The molecule has 0 amide bonds. The van der Waals surface area contributed by atoms with Crippen molar-refractivity contribution in [1.29, 1.82) is 0 Å². The second kappa shape index (κ2) is 56.0. The van der Waals surface area contributed by atoms with Crippen molar-refractivity contribution in [3.63, 3.8) is 0 Å². The first-order valence-electron chi connectivity index (χ1n) is 30.0. The molecule has 0 aliphatic heterocycles. The maximum atomic E-state index is 12.8. The average molecular weight is 934 g/mol. The number of hydrogen-bond donors (Lipinski definition) is 0. The molecule has 0 N–H and O–H groups in total. The summed E-state index contributed by atoms with van der Waals surface area (Å²) in [5.41, 5.74) is 0. The summed E-state index contributed by atoms with van der Waals surface area (Å²) in [6, 6.07) is 0. The molecule has 0 bridgehead atoms. The van der Waals surface area contributed by atoms with E-state index in [9.17, 15) is 14.4 Å². The summed E-state index contributed by atoms with van der Waals surface area (Å²) in [5.74, 6) is -0.833. The van der Waals surface area contributed by atoms with Crippen molar-refractivity contribution < 1.29 is 28.6 Å². The van der Waals surface area contributed by atoms with Crippen LogP contribution in [-0.2, 0) is 28.6 Å². The highest BCUT2D eigenvalue weighted by molar-refractivity contribution is 5.71. The molecule has 6 nitrogen and oxygen atoms in total. The van der Waals surface area contributed by atoms with Crippen LogP contribution >= 0.6 is 0 Å². The van der Waals surface area contributed by atoms with Crippen LogP contribution in [0.2, 0.25) is 0 Å². The monoisotopic (exact) mass is 933 g/mol. The average Bonchev–Trinajstić information content (AvgIpc) is 3.31. The second-order valence-electron chi connectivity index (χ2n) is 20.6. The van der Waals surface area contributed by atoms with E-state index in [1.165, 1.54) is 250 Å². The van der Waals surface area contributed by atoms with E-state index >= 15 is 0 Å². The zero-order chi connectivity index (χ0) is 47.9. The molecule has 0 aliphatic rings. The Morgan fingerprint density at radius 1 is 0.242 bits per heavy atom. The molecule has 0 heterocycles. The van der Waals surface area contributed by atoms with E-state index in [-0.39, 0.29) is 31.1 Å². The van der Waals surface area contributed by atoms with Gasteiger partial charge < -0.3 is 14.2 Å². The maximum Gasteiger partial charge on any atom is 0.306 e. The molecule has 0 aliphatic carbocycles. The van der Waals surface area contributed by atoms with Crippen molar-refractivity contribution in [3.05, 3.63) is 0 Å². The molecule has 66 heavy (non-hydrogen) atoms. The number of unbranched alkanes of at least 4 members (excludes halogenated alkanes) is 45. The lowest BCUT2D eigenvalue weighted by Crippen LogP contribution is -2.30. The molecule has 0 saturated heterocycles. The third-order valence-corrected chi connectivity index (χ3v) is 13.9. The van der Waals surface area contributed by atoms with Gasteiger partial charge in [0, 0.05) is 19.3 Å². The van der Waals surface area contributed by atoms with Crippen molar-refractivity contribution in [3.8, 4) is 0 Å². The molecule has 0 aromatic heterocycles. The van der Waals surface area contributed by atoms with E-state index in [1.807, 2.05) is 0 Å². The van der Waals surface area contributed by atoms with Gasteiger partial charge in [-0.1, -0.05) is 310 Å². The molecule has 1 unspecified atom stereocenters. The Hall–Kier alpha value is -1.59. The highest BCUT2D eigenvalue weighted by Crippen LogP contribution is 2.18. The summed E-state index contributed by atoms with van der Waals surface area (Å²) in [6.45, 7) is 6.70. The molecule has 0 spiro atoms. The van der Waals surface area contributed by atoms with Crippen molar-refractivity contribution in [2.24, 2.45) is 0 Å². The van der Waals surface area contributed by atoms with Crippen LogP contribution in [-0.4, -0.2) is 37.2 Å². The molecule has 392 valence electrons. The van der Waals surface area contributed by atoms with Crippen LogP contribution in [0.15, 0.2) is 0 Å². The zero-order valence-electron chi connectivity index (χ0n) is 45.0. The van der Waals surface area contributed by atoms with Crippen LogP contribution in [0.5, 0.6) is 0 Å². The smallest absolute Gasteiger partial charge is 0.306 e. The first-order valence-corrected chi connectivity index (χ1v) is 30.0. The fraction of sp³-hybridized carbons (Fsp3) is 0.950. The summed E-state index contributed by atoms with van der Waals surface area (Å²) < 4.78 is 16.9. The molecule has 1 atom stereocenters. The number of ether oxygens (including phenoxy) is 3. The van der Waals surface area contributed by atoms with Crippen LogP contribution in [0, 0.1) is 0 Å². The molecule has 0 rings (SSSR count). The van der Waals surface area contributed by atoms with Gasteiger partial charge in [0.15, 0.2) is 6.10 Å². The lowest BCUT2D eigenvalue weighted by Gasteiger charge is -2.18. The van der Waals surface area contributed by atoms with Crippen LogP contribution in [0.1, 0.15) is 348 Å². The highest BCUT2D eigenvalue weighted by Gasteiger charge is 2.19. The Morgan fingerprint density at radius 2 is 0.409 bits per heavy atom. The number of carbonyl (C=O) groups excluding carboxylic acids is 3. The van der Waals surface area contributed by atoms with Gasteiger partial charge in [-0.3, -0.25) is 14.4 Å². The Kier molecular flexibility index (Phi) is 54.7. The zero-order valence-corrected chi connectivity index (χ0v) is 45.0. The van der Waals surface area contributed by atoms with Crippen molar-refractivity contribution in [2.75, 3.05) is 13.2 Å². The van der Waals surface area contributed by atoms with E-state index in [4.69, 9.17) is 14.2 Å². The van der Waals surface area contributed by atoms with Gasteiger partial charge in [-0.2, -0.15) is 0 Å². The number of rotatable bonds is 56. The first kappa shape index (κ1) is 64.4. The van der Waals surface area contributed by atoms with Gasteiger partial charge in [0.1, 0.15) is 13.2 Å². The van der Waals surface area contributed by atoms with Gasteiger partial charge in [-0.25, -0.2) is 0 Å². The van der Waals surface area contributed by atoms with Gasteiger partial charge in [-0.15, -0.1) is 0 Å². The van der Waals surface area contributed by atoms with Gasteiger partial charge in [0.2, 0.25) is 0 Å². The van der Waals surface area contributed by atoms with Gasteiger partial charge in [0.25, 0.3) is 0 Å². The van der Waals surface area contributed by atoms with Crippen molar-refractivity contribution in [1.82, 2.24) is 0 Å². The van der Waals surface area contributed by atoms with E-state index in [1.54, 1.807) is 0 Å². The molecular formula is C60H116O6. The lowest BCUT2D eigenvalue weighted by atomic mass is 10.0. The maximum absolute atomic E-state index is 12.8. The molecule has 0 aromatic rings. The topological polar surface area (TPSA) is 78.9 Å². The van der Waals surface area contributed by atoms with Gasteiger partial charge in [-0.05, 0) is 19.3 Å². The molecule has 0 fully saturated rings. The molecule has 0 aromatic carbocycles. The molecule has 0 radical (unpaired) electrons. The van der Waals surface area contributed by atoms with Crippen LogP contribution in [0.25, 0.3) is 0 Å². The number of carbonyl (C=O) groups is 3. The van der Waals surface area contributed by atoms with Crippen LogP contribution in [0.4, 0.5) is 0 Å². The Morgan fingerprint density at radius 3 is 0.606 bits per heavy atom. The van der Waals surface area contributed by atoms with Crippen molar-refractivity contribution >= 4 is 17.9 Å². The summed E-state index contributed by atoms with van der Waals surface area (Å²) >= 11 is 0. The van der Waals surface area contributed by atoms with Crippen molar-refractivity contribution in [2.45, 2.75) is 354 Å². The first-order chi connectivity index (χ1) is 32.5. The molecule has 6 heteroatoms. The normalized spacial score (nSPS) is 11.9. The molecular weight excluding hydrogens is 817 g/mol. The predicted molar refractivity (Wildman–Crippen MR) is 284 cm³/mol. The van der Waals surface area contributed by atoms with Gasteiger partial charge in [0.05, 0.1) is 0 Å². The third kappa shape index (κ3) is 53.4. The predicted octanol–water partition coefficient (Wildman–Crippen LogP) is 19.9. The largest absolute Gasteiger partial charge is 0.462 e. The minimum absolute atomic E-state index is 0.0611. The summed E-state index contributed by atoms with van der Waals surface area (Å²) in [4.78, 5) is 38.1. The minimum atomic E-state index is -0.760. The summed E-state index contributed by atoms with van der Waals surface area (Å²) in [7, 11) is 0. The summed E-state index contributed by atoms with van der Waals surface area (Å²) in [6.07, 6.45) is 62.5. The van der Waals surface area contributed by atoms with E-state index in [0.717, 1.165) is 57.8 Å². The number of hydrogen-bond acceptors (Lipinski definition) is 6. The van der Waals surface area contributed by atoms with Gasteiger partial charge >= 0.3 is 17.9 Å². The Balaban J connectivity index is 4.17. The van der Waals surface area contributed by atoms with E-state index in [2.05, 4.69) is 20.8 Å². The Labute approximate surface area is 412 Å². The van der Waals surface area contributed by atoms with E-state index in [0.29, 0.717) is 19.3 Å². The Bertz CT molecular complexity index is 982. The SMILES string of the molecule is CCCCCCCCCCCCCCCCCCCCCCCCCC(=O)OCC(COC(=O)CCCCCCCCCCCCC)OC(=O)CCCCCCCCCCCCCCCC. The van der Waals surface area contributed by atoms with Crippen LogP contribution < -0.4 is 0 Å². The minimum Gasteiger partial charge on any atom is -0.462 e. The standard InChI is InChI=1S/C60H116O6/c1-4-7-10-13-16-19-22-24-26-27-28-29-30-31-32-33-34-36-38-41-44-47-50-53-59(62)65-56-57(55-64-58(61)52-49-46-43-40-37-21-18-15-12-9-6-3)66-60(63)54-51-48-45-42-39-35-25-23-20-17-14-11-8-5-2/h57H,4-56H2,1-3H3. The fourth-order valence-corrected chi connectivity index (χ4v) is 9.33. The molecule has 0 saturated carbocycles. The quantitative estimate of drug-likeness (QED) is 0.0343. The third-order valence-electron chi connectivity index (χ3n) is 13.9. The highest BCUT2D eigenvalue weighted by atomic mass is 16.6. The number of esters is 3. The second-order valence-corrected chi connectivity index (χ2v) is 20.6. The van der Waals surface area contributed by atoms with Crippen LogP contribution in [0.3, 0.4) is 0 Å². The van der Waals surface area contributed by atoms with E-state index < -0.39 is 6.10 Å². The fourth-order valence-electron chi connectivity index (χ4n) is 9.33. The summed E-state index contributed by atoms with van der Waals surface area (Å²) in [5, 5.41) is 0. The lowest BCUT2D eigenvalue weighted by molar-refractivity contribution is -0.167.